The van der Waals surface area contributed by atoms with E-state index in [4.69, 9.17) is 9.47 Å². The molecule has 1 aliphatic heterocycles. The van der Waals surface area contributed by atoms with Crippen LogP contribution >= 0.6 is 0 Å². The number of rotatable bonds is 5. The topological polar surface area (TPSA) is 78.3 Å². The van der Waals surface area contributed by atoms with Crippen LogP contribution in [0.2, 0.25) is 0 Å². The smallest absolute Gasteiger partial charge is 0.270 e. The first-order chi connectivity index (χ1) is 15.3. The van der Waals surface area contributed by atoms with E-state index in [-0.39, 0.29) is 11.9 Å². The van der Waals surface area contributed by atoms with Crippen molar-refractivity contribution in [2.75, 3.05) is 13.2 Å². The number of pyridine rings is 1. The van der Waals surface area contributed by atoms with Gasteiger partial charge in [-0.25, -0.2) is 9.67 Å². The van der Waals surface area contributed by atoms with Crippen molar-refractivity contribution in [3.63, 3.8) is 0 Å². The summed E-state index contributed by atoms with van der Waals surface area (Å²) in [6, 6.07) is 12.2. The molecule has 1 aromatic carbocycles. The highest BCUT2D eigenvalue weighted by atomic mass is 16.6. The summed E-state index contributed by atoms with van der Waals surface area (Å²) in [5.41, 5.74) is 3.40. The molecule has 7 heteroatoms. The number of amides is 1. The molecule has 2 aliphatic rings. The Morgan fingerprint density at radius 2 is 1.90 bits per heavy atom. The van der Waals surface area contributed by atoms with Gasteiger partial charge in [-0.15, -0.1) is 0 Å². The fourth-order valence-electron chi connectivity index (χ4n) is 4.26. The number of fused-ring (bicyclic) bond motifs is 1. The predicted molar refractivity (Wildman–Crippen MR) is 116 cm³/mol. The van der Waals surface area contributed by atoms with Crippen LogP contribution in [0.4, 0.5) is 0 Å². The summed E-state index contributed by atoms with van der Waals surface area (Å²) in [6.45, 7) is 0.916. The molecule has 7 nitrogen and oxygen atoms in total. The van der Waals surface area contributed by atoms with Crippen LogP contribution in [-0.2, 0) is 6.42 Å². The minimum atomic E-state index is -0.140. The normalized spacial score (nSPS) is 16.1. The van der Waals surface area contributed by atoms with Gasteiger partial charge in [0.1, 0.15) is 18.9 Å². The summed E-state index contributed by atoms with van der Waals surface area (Å²) >= 11 is 0. The number of nitrogens with one attached hydrogen (secondary N) is 1. The number of carbonyl (C=O) groups excluding carboxylic acids is 1. The van der Waals surface area contributed by atoms with E-state index < -0.39 is 0 Å². The summed E-state index contributed by atoms with van der Waals surface area (Å²) in [4.78, 5) is 17.4. The van der Waals surface area contributed by atoms with Gasteiger partial charge in [-0.05, 0) is 42.7 Å². The van der Waals surface area contributed by atoms with E-state index in [0.717, 1.165) is 29.7 Å². The van der Waals surface area contributed by atoms with E-state index in [9.17, 15) is 4.79 Å². The van der Waals surface area contributed by atoms with E-state index >= 15 is 0 Å². The quantitative estimate of drug-likeness (QED) is 0.684. The van der Waals surface area contributed by atoms with Crippen molar-refractivity contribution in [2.45, 2.75) is 44.6 Å². The van der Waals surface area contributed by atoms with Gasteiger partial charge in [-0.1, -0.05) is 31.4 Å². The summed E-state index contributed by atoms with van der Waals surface area (Å²) < 4.78 is 13.4. The molecule has 0 atom stereocenters. The van der Waals surface area contributed by atoms with E-state index in [0.29, 0.717) is 37.0 Å². The van der Waals surface area contributed by atoms with Crippen LogP contribution in [0.15, 0.2) is 48.8 Å². The Balaban J connectivity index is 1.39. The maximum absolute atomic E-state index is 12.9. The molecule has 2 aromatic heterocycles. The second kappa shape index (κ2) is 8.79. The maximum Gasteiger partial charge on any atom is 0.270 e. The van der Waals surface area contributed by atoms with Crippen molar-refractivity contribution in [2.24, 2.45) is 0 Å². The predicted octanol–water partition coefficient (Wildman–Crippen LogP) is 3.69. The Labute approximate surface area is 181 Å². The van der Waals surface area contributed by atoms with Crippen molar-refractivity contribution < 1.29 is 14.3 Å². The van der Waals surface area contributed by atoms with Gasteiger partial charge in [0, 0.05) is 30.4 Å². The molecule has 0 saturated heterocycles. The molecule has 3 heterocycles. The Hall–Kier alpha value is -3.35. The lowest BCUT2D eigenvalue weighted by Gasteiger charge is -2.24. The third kappa shape index (κ3) is 4.40. The van der Waals surface area contributed by atoms with Gasteiger partial charge in [0.25, 0.3) is 11.8 Å². The molecule has 5 rings (SSSR count). The first kappa shape index (κ1) is 19.6. The summed E-state index contributed by atoms with van der Waals surface area (Å²) in [5.74, 6) is 0.904. The molecule has 1 N–H and O–H groups in total. The molecule has 0 unspecified atom stereocenters. The molecule has 1 aliphatic carbocycles. The Bertz CT molecular complexity index is 1040. The summed E-state index contributed by atoms with van der Waals surface area (Å²) in [7, 11) is 0. The Morgan fingerprint density at radius 1 is 1.10 bits per heavy atom. The Morgan fingerprint density at radius 3 is 2.68 bits per heavy atom. The fraction of sp³-hybridized carbons (Fsp3) is 0.375. The van der Waals surface area contributed by atoms with Crippen molar-refractivity contribution in [1.82, 2.24) is 20.1 Å². The fourth-order valence-corrected chi connectivity index (χ4v) is 4.26. The number of hydrogen-bond donors (Lipinski definition) is 1. The van der Waals surface area contributed by atoms with Crippen LogP contribution in [0, 0.1) is 0 Å². The maximum atomic E-state index is 12.9. The lowest BCUT2D eigenvalue weighted by atomic mass is 9.95. The van der Waals surface area contributed by atoms with Crippen LogP contribution in [0.1, 0.15) is 53.7 Å². The lowest BCUT2D eigenvalue weighted by molar-refractivity contribution is 0.0919. The molecule has 31 heavy (non-hydrogen) atoms. The molecule has 0 bridgehead atoms. The second-order valence-corrected chi connectivity index (χ2v) is 8.10. The second-order valence-electron chi connectivity index (χ2n) is 8.10. The SMILES string of the molecule is O=C(NC1CCCCC1)c1cc(Cc2ccc(-n3cccn3)cc2)c2c(n1)OCCO2. The number of ether oxygens (including phenoxy) is 2. The highest BCUT2D eigenvalue weighted by molar-refractivity contribution is 5.93. The third-order valence-corrected chi connectivity index (χ3v) is 5.86. The first-order valence-corrected chi connectivity index (χ1v) is 11.0. The number of carbonyl (C=O) groups is 1. The van der Waals surface area contributed by atoms with E-state index in [2.05, 4.69) is 27.5 Å². The summed E-state index contributed by atoms with van der Waals surface area (Å²) in [5, 5.41) is 7.41. The van der Waals surface area contributed by atoms with Crippen molar-refractivity contribution in [3.05, 3.63) is 65.6 Å². The molecule has 0 spiro atoms. The van der Waals surface area contributed by atoms with Gasteiger partial charge in [-0.2, -0.15) is 5.10 Å². The Kier molecular flexibility index (Phi) is 5.56. The van der Waals surface area contributed by atoms with Crippen molar-refractivity contribution >= 4 is 5.91 Å². The monoisotopic (exact) mass is 418 g/mol. The zero-order valence-corrected chi connectivity index (χ0v) is 17.4. The molecule has 0 radical (unpaired) electrons. The van der Waals surface area contributed by atoms with E-state index in [1.165, 1.54) is 19.3 Å². The minimum Gasteiger partial charge on any atom is -0.484 e. The number of nitrogens with zero attached hydrogens (tertiary/aromatic N) is 3. The van der Waals surface area contributed by atoms with Crippen LogP contribution < -0.4 is 14.8 Å². The largest absolute Gasteiger partial charge is 0.484 e. The standard InChI is InChI=1S/C24H26N4O3/c29-23(26-19-5-2-1-3-6-19)21-16-18(22-24(27-21)31-14-13-30-22)15-17-7-9-20(10-8-17)28-12-4-11-25-28/h4,7-12,16,19H,1-3,5-6,13-15H2,(H,26,29). The average Bonchev–Trinajstić information content (AvgIpc) is 3.35. The van der Waals surface area contributed by atoms with Gasteiger partial charge in [0.15, 0.2) is 5.75 Å². The number of benzene rings is 1. The number of hydrogen-bond acceptors (Lipinski definition) is 5. The van der Waals surface area contributed by atoms with Crippen molar-refractivity contribution in [1.29, 1.82) is 0 Å². The van der Waals surface area contributed by atoms with Gasteiger partial charge in [0.2, 0.25) is 0 Å². The average molecular weight is 418 g/mol. The summed E-state index contributed by atoms with van der Waals surface area (Å²) in [6.07, 6.45) is 9.94. The third-order valence-electron chi connectivity index (χ3n) is 5.86. The lowest BCUT2D eigenvalue weighted by Crippen LogP contribution is -2.36. The molecule has 1 fully saturated rings. The van der Waals surface area contributed by atoms with Crippen LogP contribution in [-0.4, -0.2) is 39.9 Å². The van der Waals surface area contributed by atoms with Crippen LogP contribution in [0.5, 0.6) is 11.6 Å². The van der Waals surface area contributed by atoms with Crippen LogP contribution in [0.25, 0.3) is 5.69 Å². The van der Waals surface area contributed by atoms with Crippen molar-refractivity contribution in [3.8, 4) is 17.3 Å². The zero-order valence-electron chi connectivity index (χ0n) is 17.4. The number of aromatic nitrogens is 3. The van der Waals surface area contributed by atoms with Gasteiger partial charge in [-0.3, -0.25) is 4.79 Å². The van der Waals surface area contributed by atoms with Crippen LogP contribution in [0.3, 0.4) is 0 Å². The molecule has 1 saturated carbocycles. The van der Waals surface area contributed by atoms with Gasteiger partial charge in [0.05, 0.1) is 5.69 Å². The molecule has 3 aromatic rings. The molecular weight excluding hydrogens is 392 g/mol. The highest BCUT2D eigenvalue weighted by Gasteiger charge is 2.24. The van der Waals surface area contributed by atoms with E-state index in [1.54, 1.807) is 6.20 Å². The first-order valence-electron chi connectivity index (χ1n) is 11.0. The van der Waals surface area contributed by atoms with Gasteiger partial charge < -0.3 is 14.8 Å². The van der Waals surface area contributed by atoms with Gasteiger partial charge >= 0.3 is 0 Å². The highest BCUT2D eigenvalue weighted by Crippen LogP contribution is 2.34. The van der Waals surface area contributed by atoms with E-state index in [1.807, 2.05) is 35.1 Å². The molecule has 1 amide bonds. The molecule has 160 valence electrons. The zero-order chi connectivity index (χ0) is 21.0. The minimum absolute atomic E-state index is 0.140. The molecular formula is C24H26N4O3.